The summed E-state index contributed by atoms with van der Waals surface area (Å²) in [6.07, 6.45) is 0. The van der Waals surface area contributed by atoms with E-state index in [-0.39, 0.29) is 23.3 Å². The fourth-order valence-electron chi connectivity index (χ4n) is 2.81. The van der Waals surface area contributed by atoms with E-state index in [4.69, 9.17) is 4.52 Å². The van der Waals surface area contributed by atoms with Gasteiger partial charge >= 0.3 is 0 Å². The SMILES string of the molecule is CNS(=O)(=O)c1cccc(CNC(=O)c2cc(C(C)C)nc3onc(C)c23)c1. The minimum Gasteiger partial charge on any atom is -0.348 e. The Morgan fingerprint density at radius 1 is 1.25 bits per heavy atom. The lowest BCUT2D eigenvalue weighted by Crippen LogP contribution is -2.24. The van der Waals surface area contributed by atoms with E-state index in [0.717, 1.165) is 5.69 Å². The number of hydrogen-bond acceptors (Lipinski definition) is 6. The van der Waals surface area contributed by atoms with E-state index < -0.39 is 10.0 Å². The Labute approximate surface area is 163 Å². The highest BCUT2D eigenvalue weighted by Crippen LogP contribution is 2.25. The van der Waals surface area contributed by atoms with Crippen LogP contribution in [0.4, 0.5) is 0 Å². The van der Waals surface area contributed by atoms with Crippen LogP contribution in [-0.2, 0) is 16.6 Å². The Morgan fingerprint density at radius 2 is 2.00 bits per heavy atom. The van der Waals surface area contributed by atoms with Crippen LogP contribution in [-0.4, -0.2) is 31.5 Å². The number of carbonyl (C=O) groups excluding carboxylic acids is 1. The molecule has 9 heteroatoms. The topological polar surface area (TPSA) is 114 Å². The number of carbonyl (C=O) groups is 1. The van der Waals surface area contributed by atoms with E-state index >= 15 is 0 Å². The number of nitrogens with one attached hydrogen (secondary N) is 2. The summed E-state index contributed by atoms with van der Waals surface area (Å²) in [7, 11) is -2.19. The minimum absolute atomic E-state index is 0.116. The second kappa shape index (κ2) is 7.69. The van der Waals surface area contributed by atoms with Gasteiger partial charge in [0.05, 0.1) is 21.5 Å². The van der Waals surface area contributed by atoms with Gasteiger partial charge in [-0.05, 0) is 43.7 Å². The molecule has 0 bridgehead atoms. The maximum atomic E-state index is 12.9. The monoisotopic (exact) mass is 402 g/mol. The van der Waals surface area contributed by atoms with Crippen LogP contribution < -0.4 is 10.0 Å². The fraction of sp³-hybridized carbons (Fsp3) is 0.316. The van der Waals surface area contributed by atoms with E-state index in [1.165, 1.54) is 19.2 Å². The van der Waals surface area contributed by atoms with E-state index in [9.17, 15) is 13.2 Å². The van der Waals surface area contributed by atoms with Crippen molar-refractivity contribution in [2.24, 2.45) is 0 Å². The van der Waals surface area contributed by atoms with Gasteiger partial charge in [-0.15, -0.1) is 0 Å². The van der Waals surface area contributed by atoms with Crippen molar-refractivity contribution in [1.82, 2.24) is 20.2 Å². The van der Waals surface area contributed by atoms with Crippen LogP contribution in [0.25, 0.3) is 11.1 Å². The molecule has 148 valence electrons. The molecule has 1 aromatic carbocycles. The van der Waals surface area contributed by atoms with Gasteiger partial charge in [0.1, 0.15) is 0 Å². The zero-order chi connectivity index (χ0) is 20.5. The summed E-state index contributed by atoms with van der Waals surface area (Å²) in [6, 6.07) is 8.16. The number of rotatable bonds is 6. The number of amides is 1. The van der Waals surface area contributed by atoms with E-state index in [0.29, 0.717) is 27.9 Å². The van der Waals surface area contributed by atoms with Gasteiger partial charge in [-0.3, -0.25) is 4.79 Å². The molecule has 0 spiro atoms. The van der Waals surface area contributed by atoms with Crippen molar-refractivity contribution in [3.05, 3.63) is 52.8 Å². The largest absolute Gasteiger partial charge is 0.348 e. The average Bonchev–Trinajstić information content (AvgIpc) is 3.06. The summed E-state index contributed by atoms with van der Waals surface area (Å²) < 4.78 is 31.4. The zero-order valence-electron chi connectivity index (χ0n) is 16.1. The van der Waals surface area contributed by atoms with Gasteiger partial charge in [0.2, 0.25) is 10.0 Å². The van der Waals surface area contributed by atoms with Gasteiger partial charge in [-0.1, -0.05) is 31.1 Å². The molecule has 2 heterocycles. The number of sulfonamides is 1. The molecular formula is C19H22N4O4S. The summed E-state index contributed by atoms with van der Waals surface area (Å²) in [5.41, 5.74) is 2.75. The first-order chi connectivity index (χ1) is 13.2. The summed E-state index contributed by atoms with van der Waals surface area (Å²) in [4.78, 5) is 17.4. The first-order valence-corrected chi connectivity index (χ1v) is 10.3. The summed E-state index contributed by atoms with van der Waals surface area (Å²) >= 11 is 0. The first kappa shape index (κ1) is 20.0. The molecule has 0 atom stereocenters. The molecule has 0 radical (unpaired) electrons. The Balaban J connectivity index is 1.88. The standard InChI is InChI=1S/C19H22N4O4S/c1-11(2)16-9-15(17-12(3)23-27-19(17)22-16)18(24)21-10-13-6-5-7-14(8-13)28(25,26)20-4/h5-9,11,20H,10H2,1-4H3,(H,21,24). The number of nitrogens with zero attached hydrogens (tertiary/aromatic N) is 2. The third kappa shape index (κ3) is 3.90. The van der Waals surface area contributed by atoms with Gasteiger partial charge < -0.3 is 9.84 Å². The first-order valence-electron chi connectivity index (χ1n) is 8.80. The molecule has 1 amide bonds. The van der Waals surface area contributed by atoms with Crippen molar-refractivity contribution < 1.29 is 17.7 Å². The smallest absolute Gasteiger partial charge is 0.259 e. The maximum Gasteiger partial charge on any atom is 0.259 e. The normalized spacial score (nSPS) is 11.9. The van der Waals surface area contributed by atoms with Gasteiger partial charge in [0.15, 0.2) is 0 Å². The van der Waals surface area contributed by atoms with Crippen LogP contribution in [0.15, 0.2) is 39.8 Å². The second-order valence-electron chi connectivity index (χ2n) is 6.74. The lowest BCUT2D eigenvalue weighted by molar-refractivity contribution is 0.0952. The third-order valence-corrected chi connectivity index (χ3v) is 5.82. The molecule has 8 nitrogen and oxygen atoms in total. The van der Waals surface area contributed by atoms with Gasteiger partial charge in [0.25, 0.3) is 11.6 Å². The number of fused-ring (bicyclic) bond motifs is 1. The predicted octanol–water partition coefficient (Wildman–Crippen LogP) is 2.49. The van der Waals surface area contributed by atoms with Crippen molar-refractivity contribution in [3.63, 3.8) is 0 Å². The van der Waals surface area contributed by atoms with Crippen LogP contribution in [0.5, 0.6) is 0 Å². The van der Waals surface area contributed by atoms with Gasteiger partial charge in [-0.2, -0.15) is 0 Å². The van der Waals surface area contributed by atoms with Crippen molar-refractivity contribution in [3.8, 4) is 0 Å². The van der Waals surface area contributed by atoms with Crippen LogP contribution in [0, 0.1) is 6.92 Å². The molecule has 2 aromatic heterocycles. The highest BCUT2D eigenvalue weighted by molar-refractivity contribution is 7.89. The van der Waals surface area contributed by atoms with Crippen molar-refractivity contribution in [1.29, 1.82) is 0 Å². The molecule has 3 aromatic rings. The lowest BCUT2D eigenvalue weighted by atomic mass is 10.0. The van der Waals surface area contributed by atoms with Crippen molar-refractivity contribution in [2.45, 2.75) is 38.1 Å². The van der Waals surface area contributed by atoms with Crippen LogP contribution >= 0.6 is 0 Å². The van der Waals surface area contributed by atoms with E-state index in [1.54, 1.807) is 25.1 Å². The quantitative estimate of drug-likeness (QED) is 0.655. The molecular weight excluding hydrogens is 380 g/mol. The molecule has 0 fully saturated rings. The number of pyridine rings is 1. The average molecular weight is 402 g/mol. The maximum absolute atomic E-state index is 12.9. The van der Waals surface area contributed by atoms with Gasteiger partial charge in [0, 0.05) is 12.2 Å². The Hall–Kier alpha value is -2.78. The molecule has 3 rings (SSSR count). The molecule has 0 aliphatic heterocycles. The predicted molar refractivity (Wildman–Crippen MR) is 104 cm³/mol. The highest BCUT2D eigenvalue weighted by atomic mass is 32.2. The number of aromatic nitrogens is 2. The van der Waals surface area contributed by atoms with Crippen molar-refractivity contribution in [2.75, 3.05) is 7.05 Å². The summed E-state index contributed by atoms with van der Waals surface area (Å²) in [5.74, 6) is -0.188. The molecule has 0 aliphatic carbocycles. The zero-order valence-corrected chi connectivity index (χ0v) is 16.9. The Bertz CT molecular complexity index is 1140. The third-order valence-electron chi connectivity index (χ3n) is 4.40. The molecule has 28 heavy (non-hydrogen) atoms. The molecule has 2 N–H and O–H groups in total. The van der Waals surface area contributed by atoms with Crippen LogP contribution in [0.2, 0.25) is 0 Å². The van der Waals surface area contributed by atoms with E-state index in [1.807, 2.05) is 13.8 Å². The second-order valence-corrected chi connectivity index (χ2v) is 8.62. The Kier molecular flexibility index (Phi) is 5.48. The number of aryl methyl sites for hydroxylation is 1. The lowest BCUT2D eigenvalue weighted by Gasteiger charge is -2.10. The molecule has 0 saturated heterocycles. The molecule has 0 aliphatic rings. The fourth-order valence-corrected chi connectivity index (χ4v) is 3.61. The summed E-state index contributed by atoms with van der Waals surface area (Å²) in [6.45, 7) is 5.89. The van der Waals surface area contributed by atoms with Gasteiger partial charge in [-0.25, -0.2) is 18.1 Å². The van der Waals surface area contributed by atoms with Crippen LogP contribution in [0.1, 0.15) is 47.1 Å². The summed E-state index contributed by atoms with van der Waals surface area (Å²) in [5, 5.41) is 7.33. The number of benzene rings is 1. The molecule has 0 unspecified atom stereocenters. The Morgan fingerprint density at radius 3 is 2.68 bits per heavy atom. The minimum atomic E-state index is -3.55. The van der Waals surface area contributed by atoms with Crippen LogP contribution in [0.3, 0.4) is 0 Å². The molecule has 0 saturated carbocycles. The van der Waals surface area contributed by atoms with Crippen molar-refractivity contribution >= 4 is 27.0 Å². The van der Waals surface area contributed by atoms with E-state index in [2.05, 4.69) is 20.2 Å². The highest BCUT2D eigenvalue weighted by Gasteiger charge is 2.20. The number of hydrogen-bond donors (Lipinski definition) is 2.